The summed E-state index contributed by atoms with van der Waals surface area (Å²) in [5.41, 5.74) is 1.05. The summed E-state index contributed by atoms with van der Waals surface area (Å²) in [5, 5.41) is 2.94. The molecule has 1 aliphatic rings. The van der Waals surface area contributed by atoms with Gasteiger partial charge >= 0.3 is 12.1 Å². The Balaban J connectivity index is 1.96. The highest BCUT2D eigenvalue weighted by Gasteiger charge is 2.24. The fourth-order valence-electron chi connectivity index (χ4n) is 3.27. The highest BCUT2D eigenvalue weighted by Crippen LogP contribution is 2.29. The number of carbonyl (C=O) groups excluding carboxylic acids is 2. The zero-order chi connectivity index (χ0) is 22.8. The lowest BCUT2D eigenvalue weighted by molar-refractivity contribution is -0.00198. The van der Waals surface area contributed by atoms with E-state index in [9.17, 15) is 14.4 Å². The lowest BCUT2D eigenvalue weighted by atomic mass is 10.0. The summed E-state index contributed by atoms with van der Waals surface area (Å²) >= 11 is 0. The van der Waals surface area contributed by atoms with E-state index >= 15 is 0 Å². The van der Waals surface area contributed by atoms with Crippen molar-refractivity contribution in [1.29, 1.82) is 0 Å². The van der Waals surface area contributed by atoms with Crippen LogP contribution in [-0.4, -0.2) is 35.4 Å². The van der Waals surface area contributed by atoms with Crippen molar-refractivity contribution in [2.75, 3.05) is 13.2 Å². The standard InChI is InChI=1S/C23H26N2O6/c1-6-29-21(27)18-12-25-14(2)30-13-16-10-15(11-17(19(16)25)20(18)26)8-7-9-24-22(28)31-23(3,4)5/h10-12,14H,6,9,13H2,1-5H3,(H,24,28). The van der Waals surface area contributed by atoms with Gasteiger partial charge in [-0.25, -0.2) is 9.59 Å². The fraction of sp³-hybridized carbons (Fsp3) is 0.435. The molecule has 0 aliphatic carbocycles. The van der Waals surface area contributed by atoms with E-state index in [-0.39, 0.29) is 24.9 Å². The van der Waals surface area contributed by atoms with Crippen molar-refractivity contribution in [3.05, 3.63) is 45.2 Å². The van der Waals surface area contributed by atoms with Crippen LogP contribution in [0, 0.1) is 11.8 Å². The van der Waals surface area contributed by atoms with Gasteiger partial charge in [0, 0.05) is 22.7 Å². The van der Waals surface area contributed by atoms with Gasteiger partial charge in [-0.15, -0.1) is 0 Å². The van der Waals surface area contributed by atoms with Crippen molar-refractivity contribution < 1.29 is 23.8 Å². The summed E-state index contributed by atoms with van der Waals surface area (Å²) in [6.07, 6.45) is 0.602. The number of alkyl carbamates (subject to hydrolysis) is 1. The van der Waals surface area contributed by atoms with E-state index in [0.717, 1.165) is 5.56 Å². The highest BCUT2D eigenvalue weighted by atomic mass is 16.6. The van der Waals surface area contributed by atoms with Crippen molar-refractivity contribution in [3.8, 4) is 11.8 Å². The number of amides is 1. The fourth-order valence-corrected chi connectivity index (χ4v) is 3.27. The number of aromatic nitrogens is 1. The van der Waals surface area contributed by atoms with Gasteiger partial charge < -0.3 is 24.1 Å². The first-order chi connectivity index (χ1) is 14.6. The van der Waals surface area contributed by atoms with Crippen LogP contribution in [0.3, 0.4) is 0 Å². The Hall–Kier alpha value is -3.31. The molecule has 1 amide bonds. The number of benzene rings is 1. The SMILES string of the molecule is CCOC(=O)c1cn2c3c(cc(C#CCNC(=O)OC(C)(C)C)cc3c1=O)COC2C. The van der Waals surface area contributed by atoms with Gasteiger partial charge in [0.15, 0.2) is 0 Å². The Morgan fingerprint density at radius 2 is 2.06 bits per heavy atom. The summed E-state index contributed by atoms with van der Waals surface area (Å²) in [6, 6.07) is 3.49. The normalized spacial score (nSPS) is 15.1. The van der Waals surface area contributed by atoms with Crippen LogP contribution >= 0.6 is 0 Å². The van der Waals surface area contributed by atoms with Gasteiger partial charge in [0.05, 0.1) is 25.3 Å². The lowest BCUT2D eigenvalue weighted by Crippen LogP contribution is -2.32. The van der Waals surface area contributed by atoms with Crippen molar-refractivity contribution >= 4 is 23.0 Å². The number of carbonyl (C=O) groups is 2. The van der Waals surface area contributed by atoms with Gasteiger partial charge in [0.2, 0.25) is 5.43 Å². The summed E-state index contributed by atoms with van der Waals surface area (Å²) in [5.74, 6) is 5.12. The average molecular weight is 426 g/mol. The first-order valence-corrected chi connectivity index (χ1v) is 10.1. The van der Waals surface area contributed by atoms with E-state index in [1.54, 1.807) is 38.3 Å². The smallest absolute Gasteiger partial charge is 0.408 e. The van der Waals surface area contributed by atoms with E-state index < -0.39 is 23.1 Å². The molecule has 1 aromatic heterocycles. The molecule has 1 N–H and O–H groups in total. The molecule has 0 saturated carbocycles. The van der Waals surface area contributed by atoms with Crippen LogP contribution in [0.4, 0.5) is 4.79 Å². The second-order valence-electron chi connectivity index (χ2n) is 8.10. The van der Waals surface area contributed by atoms with Gasteiger partial charge in [-0.2, -0.15) is 0 Å². The van der Waals surface area contributed by atoms with Crippen LogP contribution in [0.2, 0.25) is 0 Å². The second kappa shape index (κ2) is 8.82. The van der Waals surface area contributed by atoms with Crippen molar-refractivity contribution in [2.24, 2.45) is 0 Å². The molecule has 1 aromatic carbocycles. The monoisotopic (exact) mass is 426 g/mol. The minimum atomic E-state index is -0.671. The molecular weight excluding hydrogens is 400 g/mol. The molecule has 0 spiro atoms. The topological polar surface area (TPSA) is 95.9 Å². The predicted octanol–water partition coefficient (Wildman–Crippen LogP) is 3.10. The summed E-state index contributed by atoms with van der Waals surface area (Å²) in [4.78, 5) is 37.0. The lowest BCUT2D eigenvalue weighted by Gasteiger charge is -2.27. The molecule has 0 fully saturated rings. The molecule has 0 bridgehead atoms. The highest BCUT2D eigenvalue weighted by molar-refractivity contribution is 5.95. The first kappa shape index (κ1) is 22.4. The van der Waals surface area contributed by atoms with Crippen molar-refractivity contribution in [1.82, 2.24) is 9.88 Å². The van der Waals surface area contributed by atoms with Gasteiger partial charge in [-0.3, -0.25) is 4.79 Å². The molecule has 8 heteroatoms. The molecular formula is C23H26N2O6. The molecule has 31 heavy (non-hydrogen) atoms. The Kier molecular flexibility index (Phi) is 6.37. The van der Waals surface area contributed by atoms with E-state index in [4.69, 9.17) is 14.2 Å². The maximum absolute atomic E-state index is 13.0. The summed E-state index contributed by atoms with van der Waals surface area (Å²) in [7, 11) is 0. The molecule has 3 rings (SSSR count). The molecule has 0 radical (unpaired) electrons. The minimum absolute atomic E-state index is 0.0469. The van der Waals surface area contributed by atoms with E-state index in [1.165, 1.54) is 6.20 Å². The maximum Gasteiger partial charge on any atom is 0.408 e. The number of hydrogen-bond acceptors (Lipinski definition) is 6. The van der Waals surface area contributed by atoms with E-state index in [2.05, 4.69) is 17.2 Å². The van der Waals surface area contributed by atoms with Crippen LogP contribution in [0.25, 0.3) is 10.9 Å². The third kappa shape index (κ3) is 5.06. The number of hydrogen-bond donors (Lipinski definition) is 1. The average Bonchev–Trinajstić information content (AvgIpc) is 2.68. The number of esters is 1. The quantitative estimate of drug-likeness (QED) is 0.599. The van der Waals surface area contributed by atoms with Crippen LogP contribution < -0.4 is 10.7 Å². The molecule has 1 atom stereocenters. The van der Waals surface area contributed by atoms with E-state index in [1.807, 2.05) is 13.0 Å². The van der Waals surface area contributed by atoms with Gasteiger partial charge in [0.25, 0.3) is 0 Å². The number of pyridine rings is 1. The molecule has 0 saturated heterocycles. The summed E-state index contributed by atoms with van der Waals surface area (Å²) < 4.78 is 17.7. The maximum atomic E-state index is 13.0. The molecule has 8 nitrogen and oxygen atoms in total. The molecule has 2 heterocycles. The Labute approximate surface area is 180 Å². The molecule has 2 aromatic rings. The zero-order valence-corrected chi connectivity index (χ0v) is 18.3. The third-order valence-corrected chi connectivity index (χ3v) is 4.52. The van der Waals surface area contributed by atoms with Gasteiger partial charge in [-0.05, 0) is 46.8 Å². The number of rotatable bonds is 3. The number of nitrogens with one attached hydrogen (secondary N) is 1. The predicted molar refractivity (Wildman–Crippen MR) is 115 cm³/mol. The summed E-state index contributed by atoms with van der Waals surface area (Å²) in [6.45, 7) is 9.44. The Bertz CT molecular complexity index is 1150. The van der Waals surface area contributed by atoms with Gasteiger partial charge in [-0.1, -0.05) is 11.8 Å². The second-order valence-corrected chi connectivity index (χ2v) is 8.10. The largest absolute Gasteiger partial charge is 0.462 e. The van der Waals surface area contributed by atoms with Crippen LogP contribution in [-0.2, 0) is 20.8 Å². The number of ether oxygens (including phenoxy) is 3. The zero-order valence-electron chi connectivity index (χ0n) is 18.3. The first-order valence-electron chi connectivity index (χ1n) is 10.1. The number of nitrogens with zero attached hydrogens (tertiary/aromatic N) is 1. The molecule has 1 unspecified atom stereocenters. The van der Waals surface area contributed by atoms with Crippen molar-refractivity contribution in [3.63, 3.8) is 0 Å². The van der Waals surface area contributed by atoms with Crippen molar-refractivity contribution in [2.45, 2.75) is 53.1 Å². The van der Waals surface area contributed by atoms with Crippen LogP contribution in [0.1, 0.15) is 62.3 Å². The van der Waals surface area contributed by atoms with E-state index in [0.29, 0.717) is 23.1 Å². The van der Waals surface area contributed by atoms with Gasteiger partial charge in [0.1, 0.15) is 17.4 Å². The Morgan fingerprint density at radius 1 is 1.32 bits per heavy atom. The van der Waals surface area contributed by atoms with Crippen LogP contribution in [0.15, 0.2) is 23.1 Å². The Morgan fingerprint density at radius 3 is 2.74 bits per heavy atom. The molecule has 164 valence electrons. The third-order valence-electron chi connectivity index (χ3n) is 4.52. The minimum Gasteiger partial charge on any atom is -0.462 e. The molecule has 1 aliphatic heterocycles. The van der Waals surface area contributed by atoms with Crippen LogP contribution in [0.5, 0.6) is 0 Å².